The number of rotatable bonds is 7. The zero-order valence-corrected chi connectivity index (χ0v) is 23.4. The minimum Gasteiger partial charge on any atom is -0.444 e. The summed E-state index contributed by atoms with van der Waals surface area (Å²) in [7, 11) is -5.96. The molecule has 212 valence electrons. The van der Waals surface area contributed by atoms with E-state index in [1.165, 1.54) is 10.6 Å². The van der Waals surface area contributed by atoms with Crippen LogP contribution in [-0.2, 0) is 27.9 Å². The Labute approximate surface area is 228 Å². The third kappa shape index (κ3) is 7.24. The molecule has 0 saturated heterocycles. The number of hydrogen-bond donors (Lipinski definition) is 1. The second-order valence-corrected chi connectivity index (χ2v) is 12.2. The Morgan fingerprint density at radius 3 is 2.21 bits per heavy atom. The number of nitrogens with zero attached hydrogens (tertiary/aromatic N) is 1. The molecule has 8 nitrogen and oxygen atoms in total. The number of ether oxygens (including phenoxy) is 1. The lowest BCUT2D eigenvalue weighted by molar-refractivity contribution is -0.0500. The molecular weight excluding hydrogens is 561 g/mol. The minimum absolute atomic E-state index is 0.00182. The number of benzene rings is 2. The number of halogens is 4. The normalized spacial score (nSPS) is 12.6. The van der Waals surface area contributed by atoms with E-state index in [2.05, 4.69) is 9.50 Å². The Morgan fingerprint density at radius 1 is 1.05 bits per heavy atom. The van der Waals surface area contributed by atoms with Crippen molar-refractivity contribution in [3.8, 4) is 16.9 Å². The van der Waals surface area contributed by atoms with Crippen LogP contribution in [0.3, 0.4) is 0 Å². The molecule has 0 unspecified atom stereocenters. The highest BCUT2D eigenvalue weighted by atomic mass is 35.5. The first-order valence-corrected chi connectivity index (χ1v) is 13.6. The van der Waals surface area contributed by atoms with Crippen LogP contribution in [0.1, 0.15) is 40.3 Å². The SMILES string of the molecule is CC(C)Cn1c(CNC(=O)OC(C)(C)C)c(-c2ccc(Cl)cc2)c2cc(OS(=O)(=O)C(F)(F)F)ccc2c1=O. The van der Waals surface area contributed by atoms with E-state index >= 15 is 0 Å². The summed E-state index contributed by atoms with van der Waals surface area (Å²) >= 11 is 6.07. The zero-order chi connectivity index (χ0) is 29.3. The molecule has 1 N–H and O–H groups in total. The minimum atomic E-state index is -5.96. The lowest BCUT2D eigenvalue weighted by Crippen LogP contribution is -2.35. The molecule has 2 aromatic carbocycles. The van der Waals surface area contributed by atoms with Gasteiger partial charge in [-0.15, -0.1) is 0 Å². The summed E-state index contributed by atoms with van der Waals surface area (Å²) < 4.78 is 73.4. The first-order valence-electron chi connectivity index (χ1n) is 11.8. The summed E-state index contributed by atoms with van der Waals surface area (Å²) in [5.74, 6) is -0.639. The molecule has 0 aliphatic carbocycles. The van der Waals surface area contributed by atoms with Crippen molar-refractivity contribution in [2.24, 2.45) is 5.92 Å². The fourth-order valence-electron chi connectivity index (χ4n) is 3.85. The average molecular weight is 589 g/mol. The Balaban J connectivity index is 2.33. The van der Waals surface area contributed by atoms with Gasteiger partial charge < -0.3 is 18.8 Å². The third-order valence-corrected chi connectivity index (χ3v) is 6.55. The van der Waals surface area contributed by atoms with Gasteiger partial charge in [0.05, 0.1) is 6.54 Å². The summed E-state index contributed by atoms with van der Waals surface area (Å²) in [4.78, 5) is 26.1. The van der Waals surface area contributed by atoms with E-state index in [0.717, 1.165) is 12.1 Å². The molecule has 0 aliphatic rings. The van der Waals surface area contributed by atoms with Crippen molar-refractivity contribution >= 4 is 38.6 Å². The number of fused-ring (bicyclic) bond motifs is 1. The van der Waals surface area contributed by atoms with Crippen LogP contribution in [0.5, 0.6) is 5.75 Å². The third-order valence-electron chi connectivity index (χ3n) is 5.32. The van der Waals surface area contributed by atoms with E-state index in [1.54, 1.807) is 45.0 Å². The molecule has 0 radical (unpaired) electrons. The zero-order valence-electron chi connectivity index (χ0n) is 21.8. The van der Waals surface area contributed by atoms with Crippen LogP contribution >= 0.6 is 11.6 Å². The van der Waals surface area contributed by atoms with Gasteiger partial charge in [0.25, 0.3) is 5.56 Å². The van der Waals surface area contributed by atoms with E-state index in [-0.39, 0.29) is 29.8 Å². The van der Waals surface area contributed by atoms with E-state index in [0.29, 0.717) is 21.8 Å². The molecule has 0 saturated carbocycles. The van der Waals surface area contributed by atoms with E-state index in [9.17, 15) is 31.2 Å². The van der Waals surface area contributed by atoms with Crippen LogP contribution in [0.2, 0.25) is 5.02 Å². The van der Waals surface area contributed by atoms with Crippen LogP contribution in [0.25, 0.3) is 21.9 Å². The van der Waals surface area contributed by atoms with Crippen molar-refractivity contribution in [2.45, 2.75) is 58.8 Å². The molecule has 1 aromatic heterocycles. The van der Waals surface area contributed by atoms with Gasteiger partial charge >= 0.3 is 21.7 Å². The van der Waals surface area contributed by atoms with Gasteiger partial charge in [-0.1, -0.05) is 37.6 Å². The smallest absolute Gasteiger partial charge is 0.444 e. The molecule has 1 amide bonds. The van der Waals surface area contributed by atoms with Gasteiger partial charge in [0.1, 0.15) is 11.4 Å². The summed E-state index contributed by atoms with van der Waals surface area (Å²) in [5, 5.41) is 3.27. The Hall–Kier alpha value is -3.25. The van der Waals surface area contributed by atoms with Crippen molar-refractivity contribution in [2.75, 3.05) is 0 Å². The van der Waals surface area contributed by atoms with Gasteiger partial charge in [-0.25, -0.2) is 4.79 Å². The highest BCUT2D eigenvalue weighted by molar-refractivity contribution is 7.88. The Morgan fingerprint density at radius 2 is 1.67 bits per heavy atom. The van der Waals surface area contributed by atoms with Gasteiger partial charge in [-0.2, -0.15) is 21.6 Å². The molecule has 0 aliphatic heterocycles. The monoisotopic (exact) mass is 588 g/mol. The van der Waals surface area contributed by atoms with Gasteiger partial charge in [0.2, 0.25) is 0 Å². The van der Waals surface area contributed by atoms with Crippen LogP contribution in [0.15, 0.2) is 47.3 Å². The van der Waals surface area contributed by atoms with Crippen molar-refractivity contribution in [1.82, 2.24) is 9.88 Å². The maximum Gasteiger partial charge on any atom is 0.534 e. The summed E-state index contributed by atoms with van der Waals surface area (Å²) in [6.45, 7) is 8.91. The number of amides is 1. The standard InChI is InChI=1S/C26H28ClF3N2O6S/c1-15(2)14-32-21(13-31-24(34)37-25(3,4)5)22(16-6-8-17(27)9-7-16)20-12-18(10-11-19(20)23(32)33)38-39(35,36)26(28,29)30/h6-12,15H,13-14H2,1-5H3,(H,31,34). The number of hydrogen-bond acceptors (Lipinski definition) is 6. The van der Waals surface area contributed by atoms with Crippen LogP contribution in [0, 0.1) is 5.92 Å². The number of alkyl carbamates (subject to hydrolysis) is 1. The van der Waals surface area contributed by atoms with E-state index < -0.39 is 38.6 Å². The number of carbonyl (C=O) groups is 1. The highest BCUT2D eigenvalue weighted by Gasteiger charge is 2.48. The van der Waals surface area contributed by atoms with Crippen molar-refractivity contribution < 1.29 is 35.3 Å². The molecule has 0 fully saturated rings. The fourth-order valence-corrected chi connectivity index (χ4v) is 4.43. The number of alkyl halides is 3. The molecule has 0 bridgehead atoms. The van der Waals surface area contributed by atoms with Gasteiger partial charge in [0, 0.05) is 33.6 Å². The summed E-state index contributed by atoms with van der Waals surface area (Å²) in [6.07, 6.45) is -0.749. The maximum absolute atomic E-state index is 13.6. The first kappa shape index (κ1) is 30.3. The number of carbonyl (C=O) groups excluding carboxylic acids is 1. The van der Waals surface area contributed by atoms with Crippen LogP contribution < -0.4 is 15.1 Å². The van der Waals surface area contributed by atoms with Crippen molar-refractivity contribution in [3.63, 3.8) is 0 Å². The number of aromatic nitrogens is 1. The highest BCUT2D eigenvalue weighted by Crippen LogP contribution is 2.35. The molecule has 3 rings (SSSR count). The van der Waals surface area contributed by atoms with Gasteiger partial charge in [-0.05, 0) is 62.6 Å². The molecule has 0 atom stereocenters. The first-order chi connectivity index (χ1) is 17.9. The second kappa shape index (κ2) is 11.1. The fraction of sp³-hybridized carbons (Fsp3) is 0.385. The Kier molecular flexibility index (Phi) is 8.61. The second-order valence-electron chi connectivity index (χ2n) is 10.2. The predicted octanol–water partition coefficient (Wildman–Crippen LogP) is 6.23. The predicted molar refractivity (Wildman–Crippen MR) is 142 cm³/mol. The van der Waals surface area contributed by atoms with E-state index in [4.69, 9.17) is 16.3 Å². The van der Waals surface area contributed by atoms with Crippen LogP contribution in [0.4, 0.5) is 18.0 Å². The lowest BCUT2D eigenvalue weighted by Gasteiger charge is -2.23. The van der Waals surface area contributed by atoms with Gasteiger partial charge in [-0.3, -0.25) is 4.79 Å². The Bertz CT molecular complexity index is 1540. The molecular formula is C26H28ClF3N2O6S. The molecule has 13 heteroatoms. The summed E-state index contributed by atoms with van der Waals surface area (Å²) in [6, 6.07) is 9.69. The maximum atomic E-state index is 13.6. The number of nitrogens with one attached hydrogen (secondary N) is 1. The quantitative estimate of drug-likeness (QED) is 0.259. The lowest BCUT2D eigenvalue weighted by atomic mass is 9.96. The molecule has 0 spiro atoms. The molecule has 1 heterocycles. The topological polar surface area (TPSA) is 104 Å². The molecule has 39 heavy (non-hydrogen) atoms. The van der Waals surface area contributed by atoms with Crippen LogP contribution in [-0.4, -0.2) is 30.2 Å². The number of pyridine rings is 1. The van der Waals surface area contributed by atoms with E-state index in [1.807, 2.05) is 13.8 Å². The average Bonchev–Trinajstić information content (AvgIpc) is 2.78. The van der Waals surface area contributed by atoms with Gasteiger partial charge in [0.15, 0.2) is 0 Å². The van der Waals surface area contributed by atoms with Crippen molar-refractivity contribution in [1.29, 1.82) is 0 Å². The largest absolute Gasteiger partial charge is 0.534 e. The molecule has 3 aromatic rings. The summed E-state index contributed by atoms with van der Waals surface area (Å²) in [5.41, 5.74) is -5.72. The van der Waals surface area contributed by atoms with Crippen molar-refractivity contribution in [3.05, 3.63) is 63.5 Å².